The number of urea groups is 1. The van der Waals surface area contributed by atoms with Crippen LogP contribution < -0.4 is 5.32 Å². The molecule has 0 radical (unpaired) electrons. The lowest BCUT2D eigenvalue weighted by atomic mass is 10.2. The normalized spacial score (nSPS) is 22.0. The summed E-state index contributed by atoms with van der Waals surface area (Å²) in [6, 6.07) is 7.15. The van der Waals surface area contributed by atoms with E-state index < -0.39 is 5.97 Å². The maximum atomic E-state index is 12.5. The van der Waals surface area contributed by atoms with Gasteiger partial charge in [0.15, 0.2) is 0 Å². The zero-order chi connectivity index (χ0) is 17.8. The van der Waals surface area contributed by atoms with Gasteiger partial charge in [0.1, 0.15) is 0 Å². The molecule has 2 amide bonds. The van der Waals surface area contributed by atoms with Crippen LogP contribution in [-0.2, 0) is 4.74 Å². The van der Waals surface area contributed by atoms with E-state index in [1.54, 1.807) is 24.3 Å². The van der Waals surface area contributed by atoms with Crippen LogP contribution in [0.1, 0.15) is 16.8 Å². The molecule has 0 spiro atoms. The van der Waals surface area contributed by atoms with Crippen molar-refractivity contribution in [1.82, 2.24) is 14.7 Å². The van der Waals surface area contributed by atoms with Crippen molar-refractivity contribution in [3.63, 3.8) is 0 Å². The van der Waals surface area contributed by atoms with Crippen molar-refractivity contribution in [2.75, 3.05) is 58.7 Å². The highest BCUT2D eigenvalue weighted by molar-refractivity contribution is 5.94. The molecule has 0 saturated carbocycles. The van der Waals surface area contributed by atoms with E-state index in [0.717, 1.165) is 45.7 Å². The molecular weight excluding hydrogens is 320 g/mol. The monoisotopic (exact) mass is 346 g/mol. The Morgan fingerprint density at radius 2 is 1.92 bits per heavy atom. The Hall–Kier alpha value is -2.12. The smallest absolute Gasteiger partial charge is 0.337 e. The number of ether oxygens (including phenoxy) is 1. The fourth-order valence-corrected chi connectivity index (χ4v) is 3.46. The van der Waals surface area contributed by atoms with Crippen LogP contribution in [0.2, 0.25) is 0 Å². The molecule has 0 aromatic heterocycles. The lowest BCUT2D eigenvalue weighted by Gasteiger charge is -2.36. The van der Waals surface area contributed by atoms with Crippen molar-refractivity contribution in [2.24, 2.45) is 0 Å². The fourth-order valence-electron chi connectivity index (χ4n) is 3.46. The number of hydrogen-bond acceptors (Lipinski definition) is 5. The molecule has 0 aliphatic carbocycles. The van der Waals surface area contributed by atoms with Gasteiger partial charge in [-0.25, -0.2) is 9.59 Å². The van der Waals surface area contributed by atoms with Gasteiger partial charge >= 0.3 is 12.0 Å². The highest BCUT2D eigenvalue weighted by Gasteiger charge is 2.31. The second-order valence-corrected chi connectivity index (χ2v) is 6.73. The molecule has 25 heavy (non-hydrogen) atoms. The minimum absolute atomic E-state index is 0.112. The van der Waals surface area contributed by atoms with Gasteiger partial charge < -0.3 is 19.9 Å². The standard InChI is InChI=1S/C18H26N4O3/c1-20-8-10-21(11-9-20)16-6-7-22(13-16)18(24)19-15-5-3-4-14(12-15)17(23)25-2/h3-5,12,16H,6-11,13H2,1-2H3,(H,19,24)/t16-/m1/s1. The van der Waals surface area contributed by atoms with Crippen molar-refractivity contribution in [3.8, 4) is 0 Å². The number of esters is 1. The van der Waals surface area contributed by atoms with Gasteiger partial charge in [0.2, 0.25) is 0 Å². The number of likely N-dealkylation sites (N-methyl/N-ethyl adjacent to an activating group) is 1. The number of benzene rings is 1. The first-order chi connectivity index (χ1) is 12.1. The Bertz CT molecular complexity index is 629. The van der Waals surface area contributed by atoms with Crippen LogP contribution in [-0.4, -0.2) is 86.2 Å². The summed E-state index contributed by atoms with van der Waals surface area (Å²) in [6.07, 6.45) is 1.01. The third-order valence-corrected chi connectivity index (χ3v) is 5.04. The summed E-state index contributed by atoms with van der Waals surface area (Å²) in [4.78, 5) is 30.8. The van der Waals surface area contributed by atoms with Crippen LogP contribution in [0, 0.1) is 0 Å². The third kappa shape index (κ3) is 4.29. The third-order valence-electron chi connectivity index (χ3n) is 5.04. The summed E-state index contributed by atoms with van der Waals surface area (Å²) in [5.41, 5.74) is 1.04. The molecule has 0 unspecified atom stereocenters. The first kappa shape index (κ1) is 17.7. The number of likely N-dealkylation sites (tertiary alicyclic amines) is 1. The molecule has 0 bridgehead atoms. The quantitative estimate of drug-likeness (QED) is 0.837. The first-order valence-corrected chi connectivity index (χ1v) is 8.73. The van der Waals surface area contributed by atoms with Crippen LogP contribution in [0.5, 0.6) is 0 Å². The van der Waals surface area contributed by atoms with Crippen LogP contribution in [0.4, 0.5) is 10.5 Å². The van der Waals surface area contributed by atoms with Gasteiger partial charge in [-0.3, -0.25) is 4.90 Å². The Labute approximate surface area is 148 Å². The van der Waals surface area contributed by atoms with Crippen molar-refractivity contribution in [2.45, 2.75) is 12.5 Å². The number of hydrogen-bond donors (Lipinski definition) is 1. The molecule has 1 atom stereocenters. The number of carbonyl (C=O) groups excluding carboxylic acids is 2. The van der Waals surface area contributed by atoms with Gasteiger partial charge in [0.05, 0.1) is 12.7 Å². The summed E-state index contributed by atoms with van der Waals surface area (Å²) < 4.78 is 4.71. The highest BCUT2D eigenvalue weighted by Crippen LogP contribution is 2.19. The van der Waals surface area contributed by atoms with Crippen molar-refractivity contribution < 1.29 is 14.3 Å². The predicted octanol–water partition coefficient (Wildman–Crippen LogP) is 1.33. The maximum Gasteiger partial charge on any atom is 0.337 e. The summed E-state index contributed by atoms with van der Waals surface area (Å²) in [5, 5.41) is 2.89. The van der Waals surface area contributed by atoms with E-state index in [1.165, 1.54) is 7.11 Å². The molecule has 136 valence electrons. The topological polar surface area (TPSA) is 65.1 Å². The summed E-state index contributed by atoms with van der Waals surface area (Å²) in [7, 11) is 3.49. The van der Waals surface area contributed by atoms with E-state index in [4.69, 9.17) is 4.74 Å². The summed E-state index contributed by atoms with van der Waals surface area (Å²) in [5.74, 6) is -0.410. The molecule has 2 fully saturated rings. The predicted molar refractivity (Wildman–Crippen MR) is 95.8 cm³/mol. The lowest BCUT2D eigenvalue weighted by Crippen LogP contribution is -2.50. The van der Waals surface area contributed by atoms with Crippen molar-refractivity contribution >= 4 is 17.7 Å². The van der Waals surface area contributed by atoms with E-state index in [1.807, 2.05) is 4.90 Å². The van der Waals surface area contributed by atoms with Gasteiger partial charge in [0.25, 0.3) is 0 Å². The van der Waals surface area contributed by atoms with Crippen molar-refractivity contribution in [3.05, 3.63) is 29.8 Å². The second-order valence-electron chi connectivity index (χ2n) is 6.73. The number of rotatable bonds is 3. The van der Waals surface area contributed by atoms with Gasteiger partial charge in [-0.05, 0) is 31.7 Å². The van der Waals surface area contributed by atoms with E-state index in [-0.39, 0.29) is 6.03 Å². The van der Waals surface area contributed by atoms with Crippen LogP contribution >= 0.6 is 0 Å². The molecule has 2 aliphatic rings. The SMILES string of the molecule is COC(=O)c1cccc(NC(=O)N2CC[C@@H](N3CCN(C)CC3)C2)c1. The van der Waals surface area contributed by atoms with Gasteiger partial charge in [-0.15, -0.1) is 0 Å². The Kier molecular flexibility index (Phi) is 5.55. The number of methoxy groups -OCH3 is 1. The van der Waals surface area contributed by atoms with E-state index in [9.17, 15) is 9.59 Å². The molecule has 7 heteroatoms. The molecule has 1 aromatic rings. The first-order valence-electron chi connectivity index (χ1n) is 8.73. The van der Waals surface area contributed by atoms with Crippen molar-refractivity contribution in [1.29, 1.82) is 0 Å². The number of piperazine rings is 1. The van der Waals surface area contributed by atoms with Gasteiger partial charge in [0, 0.05) is 51.0 Å². The molecule has 3 rings (SSSR count). The minimum Gasteiger partial charge on any atom is -0.465 e. The van der Waals surface area contributed by atoms with E-state index in [2.05, 4.69) is 22.2 Å². The van der Waals surface area contributed by atoms with Crippen LogP contribution in [0.3, 0.4) is 0 Å². The molecule has 2 aliphatic heterocycles. The number of amides is 2. The number of anilines is 1. The summed E-state index contributed by atoms with van der Waals surface area (Å²) in [6.45, 7) is 5.83. The molecule has 2 saturated heterocycles. The lowest BCUT2D eigenvalue weighted by molar-refractivity contribution is 0.0600. The number of nitrogens with one attached hydrogen (secondary N) is 1. The largest absolute Gasteiger partial charge is 0.465 e. The fraction of sp³-hybridized carbons (Fsp3) is 0.556. The summed E-state index contributed by atoms with van der Waals surface area (Å²) >= 11 is 0. The Morgan fingerprint density at radius 1 is 1.16 bits per heavy atom. The number of carbonyl (C=O) groups is 2. The van der Waals surface area contributed by atoms with E-state index in [0.29, 0.717) is 17.3 Å². The average molecular weight is 346 g/mol. The van der Waals surface area contributed by atoms with E-state index >= 15 is 0 Å². The number of nitrogens with zero attached hydrogens (tertiary/aromatic N) is 3. The highest BCUT2D eigenvalue weighted by atomic mass is 16.5. The Morgan fingerprint density at radius 3 is 2.64 bits per heavy atom. The Balaban J connectivity index is 1.55. The van der Waals surface area contributed by atoms with Crippen LogP contribution in [0.25, 0.3) is 0 Å². The molecular formula is C18H26N4O3. The zero-order valence-electron chi connectivity index (χ0n) is 14.9. The average Bonchev–Trinajstić information content (AvgIpc) is 3.12. The second kappa shape index (κ2) is 7.84. The zero-order valence-corrected chi connectivity index (χ0v) is 14.9. The van der Waals surface area contributed by atoms with Gasteiger partial charge in [-0.1, -0.05) is 6.07 Å². The van der Waals surface area contributed by atoms with Crippen LogP contribution in [0.15, 0.2) is 24.3 Å². The van der Waals surface area contributed by atoms with Gasteiger partial charge in [-0.2, -0.15) is 0 Å². The molecule has 1 aromatic carbocycles. The molecule has 7 nitrogen and oxygen atoms in total. The molecule has 1 N–H and O–H groups in total. The maximum absolute atomic E-state index is 12.5. The molecule has 2 heterocycles. The minimum atomic E-state index is -0.410.